The second-order valence-electron chi connectivity index (χ2n) is 7.96. The minimum absolute atomic E-state index is 0.0408. The van der Waals surface area contributed by atoms with Crippen LogP contribution in [0.1, 0.15) is 21.7 Å². The maximum Gasteiger partial charge on any atom is 0.231 e. The number of ether oxygens (including phenoxy) is 3. The normalized spacial score (nSPS) is 12.2. The Morgan fingerprint density at radius 2 is 1.82 bits per heavy atom. The molecule has 0 saturated carbocycles. The fourth-order valence-corrected chi connectivity index (χ4v) is 4.90. The first-order valence-electron chi connectivity index (χ1n) is 10.7. The molecule has 1 aliphatic rings. The number of carbonyl (C=O) groups excluding carboxylic acids is 1. The van der Waals surface area contributed by atoms with Crippen molar-refractivity contribution in [3.8, 4) is 34.3 Å². The van der Waals surface area contributed by atoms with Crippen molar-refractivity contribution < 1.29 is 19.0 Å². The van der Waals surface area contributed by atoms with Gasteiger partial charge in [-0.2, -0.15) is 0 Å². The van der Waals surface area contributed by atoms with Crippen LogP contribution in [0.15, 0.2) is 53.7 Å². The maximum absolute atomic E-state index is 13.1. The molecule has 0 fully saturated rings. The van der Waals surface area contributed by atoms with Gasteiger partial charge in [0.1, 0.15) is 5.75 Å². The third-order valence-electron chi connectivity index (χ3n) is 5.86. The molecular formula is C25H24N4O4S. The molecule has 9 heteroatoms. The summed E-state index contributed by atoms with van der Waals surface area (Å²) in [7, 11) is 3.54. The molecule has 0 bridgehead atoms. The molecule has 0 radical (unpaired) electrons. The number of thioether (sulfide) groups is 1. The van der Waals surface area contributed by atoms with E-state index in [-0.39, 0.29) is 18.3 Å². The van der Waals surface area contributed by atoms with Crippen LogP contribution in [0.4, 0.5) is 0 Å². The monoisotopic (exact) mass is 476 g/mol. The van der Waals surface area contributed by atoms with Crippen LogP contribution in [0.5, 0.6) is 17.2 Å². The summed E-state index contributed by atoms with van der Waals surface area (Å²) < 4.78 is 20.1. The summed E-state index contributed by atoms with van der Waals surface area (Å²) in [6.07, 6.45) is 0. The highest BCUT2D eigenvalue weighted by molar-refractivity contribution is 7.99. The number of ketones is 1. The lowest BCUT2D eigenvalue weighted by molar-refractivity contribution is 0.102. The van der Waals surface area contributed by atoms with Crippen molar-refractivity contribution in [3.63, 3.8) is 0 Å². The highest BCUT2D eigenvalue weighted by Crippen LogP contribution is 2.35. The SMILES string of the molecule is COc1ccc(-c2nnc(SCC(=O)c3cc(C)n(-c4ccc5c(c4)OCO5)c3C)n2C)cc1. The van der Waals surface area contributed by atoms with E-state index in [2.05, 4.69) is 14.8 Å². The van der Waals surface area contributed by atoms with Gasteiger partial charge in [0, 0.05) is 41.3 Å². The highest BCUT2D eigenvalue weighted by Gasteiger charge is 2.21. The van der Waals surface area contributed by atoms with Crippen LogP contribution in [-0.4, -0.2) is 44.8 Å². The predicted molar refractivity (Wildman–Crippen MR) is 129 cm³/mol. The molecule has 4 aromatic rings. The fourth-order valence-electron chi connectivity index (χ4n) is 4.11. The standard InChI is InChI=1S/C25H24N4O4S/c1-15-11-20(16(2)29(15)18-7-10-22-23(12-18)33-14-32-22)21(30)13-34-25-27-26-24(28(25)3)17-5-8-19(31-4)9-6-17/h5-12H,13-14H2,1-4H3. The van der Waals surface area contributed by atoms with Gasteiger partial charge in [0.05, 0.1) is 12.9 Å². The zero-order valence-electron chi connectivity index (χ0n) is 19.4. The van der Waals surface area contributed by atoms with Gasteiger partial charge in [-0.3, -0.25) is 4.79 Å². The molecule has 34 heavy (non-hydrogen) atoms. The average Bonchev–Trinajstić information content (AvgIpc) is 3.54. The summed E-state index contributed by atoms with van der Waals surface area (Å²) >= 11 is 1.38. The van der Waals surface area contributed by atoms with Gasteiger partial charge in [0.2, 0.25) is 6.79 Å². The first-order chi connectivity index (χ1) is 16.5. The summed E-state index contributed by atoms with van der Waals surface area (Å²) in [6.45, 7) is 4.18. The van der Waals surface area contributed by atoms with E-state index < -0.39 is 0 Å². The number of carbonyl (C=O) groups is 1. The van der Waals surface area contributed by atoms with Crippen molar-refractivity contribution in [1.82, 2.24) is 19.3 Å². The Balaban J connectivity index is 1.33. The topological polar surface area (TPSA) is 80.4 Å². The van der Waals surface area contributed by atoms with Crippen LogP contribution in [0.3, 0.4) is 0 Å². The number of hydrogen-bond acceptors (Lipinski definition) is 7. The van der Waals surface area contributed by atoms with Crippen LogP contribution in [0.2, 0.25) is 0 Å². The van der Waals surface area contributed by atoms with Crippen molar-refractivity contribution in [1.29, 1.82) is 0 Å². The number of rotatable bonds is 7. The molecule has 3 heterocycles. The molecule has 0 atom stereocenters. The number of nitrogens with zero attached hydrogens (tertiary/aromatic N) is 4. The first kappa shape index (κ1) is 22.1. The molecule has 0 amide bonds. The third-order valence-corrected chi connectivity index (χ3v) is 6.88. The van der Waals surface area contributed by atoms with E-state index in [1.165, 1.54) is 11.8 Å². The summed E-state index contributed by atoms with van der Waals surface area (Å²) in [5, 5.41) is 9.28. The number of aromatic nitrogens is 4. The van der Waals surface area contributed by atoms with Crippen LogP contribution in [-0.2, 0) is 7.05 Å². The Bertz CT molecular complexity index is 1370. The number of benzene rings is 2. The lowest BCUT2D eigenvalue weighted by Crippen LogP contribution is -2.06. The molecule has 1 aliphatic heterocycles. The predicted octanol–water partition coefficient (Wildman–Crippen LogP) is 4.60. The largest absolute Gasteiger partial charge is 0.497 e. The number of aryl methyl sites for hydroxylation is 1. The zero-order chi connectivity index (χ0) is 23.8. The molecule has 5 rings (SSSR count). The Morgan fingerprint density at radius 1 is 1.06 bits per heavy atom. The molecule has 2 aromatic carbocycles. The summed E-state index contributed by atoms with van der Waals surface area (Å²) in [5.41, 5.74) is 4.42. The fraction of sp³-hybridized carbons (Fsp3) is 0.240. The minimum Gasteiger partial charge on any atom is -0.497 e. The molecule has 8 nitrogen and oxygen atoms in total. The van der Waals surface area contributed by atoms with Gasteiger partial charge in [-0.1, -0.05) is 11.8 Å². The second-order valence-corrected chi connectivity index (χ2v) is 8.91. The van der Waals surface area contributed by atoms with E-state index in [4.69, 9.17) is 14.2 Å². The van der Waals surface area contributed by atoms with E-state index in [1.54, 1.807) is 7.11 Å². The smallest absolute Gasteiger partial charge is 0.231 e. The van der Waals surface area contributed by atoms with Crippen molar-refractivity contribution in [3.05, 3.63) is 65.5 Å². The van der Waals surface area contributed by atoms with E-state index >= 15 is 0 Å². The molecule has 0 spiro atoms. The molecule has 0 unspecified atom stereocenters. The van der Waals surface area contributed by atoms with Gasteiger partial charge in [-0.15, -0.1) is 10.2 Å². The van der Waals surface area contributed by atoms with Crippen molar-refractivity contribution in [2.45, 2.75) is 19.0 Å². The van der Waals surface area contributed by atoms with Gasteiger partial charge in [-0.25, -0.2) is 0 Å². The number of hydrogen-bond donors (Lipinski definition) is 0. The van der Waals surface area contributed by atoms with Gasteiger partial charge in [0.15, 0.2) is 28.3 Å². The van der Waals surface area contributed by atoms with Crippen molar-refractivity contribution in [2.24, 2.45) is 7.05 Å². The van der Waals surface area contributed by atoms with Crippen LogP contribution in [0.25, 0.3) is 17.1 Å². The van der Waals surface area contributed by atoms with Gasteiger partial charge in [0.25, 0.3) is 0 Å². The number of methoxy groups -OCH3 is 1. The third kappa shape index (κ3) is 3.92. The Kier molecular flexibility index (Phi) is 5.79. The Morgan fingerprint density at radius 3 is 2.59 bits per heavy atom. The van der Waals surface area contributed by atoms with Gasteiger partial charge >= 0.3 is 0 Å². The quantitative estimate of drug-likeness (QED) is 0.285. The molecule has 0 saturated heterocycles. The Hall–Kier alpha value is -3.72. The van der Waals surface area contributed by atoms with E-state index in [0.29, 0.717) is 16.5 Å². The first-order valence-corrected chi connectivity index (χ1v) is 11.7. The summed E-state index contributed by atoms with van der Waals surface area (Å²) in [4.78, 5) is 13.1. The zero-order valence-corrected chi connectivity index (χ0v) is 20.2. The number of fused-ring (bicyclic) bond motifs is 1. The second kappa shape index (κ2) is 8.90. The van der Waals surface area contributed by atoms with Gasteiger partial charge in [-0.05, 0) is 56.3 Å². The molecule has 0 aliphatic carbocycles. The van der Waals surface area contributed by atoms with Crippen molar-refractivity contribution in [2.75, 3.05) is 19.7 Å². The number of Topliss-reactive ketones (excluding diaryl/α,β-unsaturated/α-hetero) is 1. The van der Waals surface area contributed by atoms with Crippen LogP contribution >= 0.6 is 11.8 Å². The molecule has 174 valence electrons. The van der Waals surface area contributed by atoms with Gasteiger partial charge < -0.3 is 23.3 Å². The minimum atomic E-state index is 0.0408. The Labute approximate surface area is 201 Å². The van der Waals surface area contributed by atoms with Crippen LogP contribution < -0.4 is 14.2 Å². The molecule has 2 aromatic heterocycles. The average molecular weight is 477 g/mol. The van der Waals surface area contributed by atoms with E-state index in [1.807, 2.05) is 74.0 Å². The molecular weight excluding hydrogens is 452 g/mol. The van der Waals surface area contributed by atoms with Crippen molar-refractivity contribution >= 4 is 17.5 Å². The summed E-state index contributed by atoms with van der Waals surface area (Å²) in [5.74, 6) is 3.27. The lowest BCUT2D eigenvalue weighted by Gasteiger charge is -2.10. The summed E-state index contributed by atoms with van der Waals surface area (Å²) in [6, 6.07) is 15.4. The van der Waals surface area contributed by atoms with E-state index in [9.17, 15) is 4.79 Å². The van der Waals surface area contributed by atoms with E-state index in [0.717, 1.165) is 40.0 Å². The lowest BCUT2D eigenvalue weighted by atomic mass is 10.2. The maximum atomic E-state index is 13.1. The highest BCUT2D eigenvalue weighted by atomic mass is 32.2. The van der Waals surface area contributed by atoms with Crippen LogP contribution in [0, 0.1) is 13.8 Å². The molecule has 0 N–H and O–H groups in total.